The van der Waals surface area contributed by atoms with Gasteiger partial charge in [0.1, 0.15) is 0 Å². The quantitative estimate of drug-likeness (QED) is 0.758. The number of nitrogens with zero attached hydrogens (tertiary/aromatic N) is 2. The highest BCUT2D eigenvalue weighted by Gasteiger charge is 2.19. The maximum Gasteiger partial charge on any atom is 0.337 e. The minimum Gasteiger partial charge on any atom is -0.465 e. The molecule has 0 radical (unpaired) electrons. The van der Waals surface area contributed by atoms with E-state index in [0.717, 1.165) is 39.1 Å². The molecule has 1 fully saturated rings. The van der Waals surface area contributed by atoms with Crippen molar-refractivity contribution in [1.82, 2.24) is 15.1 Å². The molecule has 1 saturated heterocycles. The largest absolute Gasteiger partial charge is 0.465 e. The number of esters is 1. The molecular formula is C19H29N3O3. The van der Waals surface area contributed by atoms with Crippen LogP contribution in [0.2, 0.25) is 0 Å². The topological polar surface area (TPSA) is 61.9 Å². The number of nitrogens with one attached hydrogen (secondary N) is 1. The average Bonchev–Trinajstić information content (AvgIpc) is 2.63. The van der Waals surface area contributed by atoms with Crippen LogP contribution in [0.4, 0.5) is 0 Å². The Balaban J connectivity index is 1.75. The van der Waals surface area contributed by atoms with Gasteiger partial charge >= 0.3 is 5.97 Å². The van der Waals surface area contributed by atoms with Crippen molar-refractivity contribution in [3.8, 4) is 0 Å². The molecule has 6 heteroatoms. The molecule has 1 aromatic rings. The van der Waals surface area contributed by atoms with Crippen molar-refractivity contribution in [2.24, 2.45) is 0 Å². The van der Waals surface area contributed by atoms with E-state index in [2.05, 4.69) is 22.0 Å². The minimum atomic E-state index is -0.309. The average molecular weight is 347 g/mol. The highest BCUT2D eigenvalue weighted by Crippen LogP contribution is 2.11. The van der Waals surface area contributed by atoms with Crippen LogP contribution >= 0.6 is 0 Å². The first-order chi connectivity index (χ1) is 12.0. The van der Waals surface area contributed by atoms with E-state index in [1.807, 2.05) is 19.1 Å². The van der Waals surface area contributed by atoms with Crippen LogP contribution in [0.5, 0.6) is 0 Å². The summed E-state index contributed by atoms with van der Waals surface area (Å²) in [7, 11) is 1.39. The molecule has 1 aromatic carbocycles. The maximum atomic E-state index is 12.0. The Labute approximate surface area is 150 Å². The summed E-state index contributed by atoms with van der Waals surface area (Å²) < 4.78 is 4.71. The van der Waals surface area contributed by atoms with Gasteiger partial charge in [-0.3, -0.25) is 14.6 Å². The van der Waals surface area contributed by atoms with E-state index >= 15 is 0 Å². The monoisotopic (exact) mass is 347 g/mol. The fraction of sp³-hybridized carbons (Fsp3) is 0.579. The first-order valence-corrected chi connectivity index (χ1v) is 8.93. The SMILES string of the molecule is CCC(C)NC(=O)CN1CCN(Cc2ccc(C(=O)OC)cc2)CC1. The van der Waals surface area contributed by atoms with Crippen molar-refractivity contribution >= 4 is 11.9 Å². The molecule has 1 aliphatic rings. The summed E-state index contributed by atoms with van der Waals surface area (Å²) in [6, 6.07) is 7.78. The Morgan fingerprint density at radius 2 is 1.72 bits per heavy atom. The zero-order valence-electron chi connectivity index (χ0n) is 15.5. The van der Waals surface area contributed by atoms with Crippen LogP contribution in [-0.4, -0.2) is 67.6 Å². The second kappa shape index (κ2) is 9.53. The number of amides is 1. The Kier molecular flexibility index (Phi) is 7.40. The summed E-state index contributed by atoms with van der Waals surface area (Å²) in [4.78, 5) is 28.0. The first kappa shape index (κ1) is 19.4. The van der Waals surface area contributed by atoms with Crippen molar-refractivity contribution in [2.45, 2.75) is 32.9 Å². The lowest BCUT2D eigenvalue weighted by molar-refractivity contribution is -0.123. The molecular weight excluding hydrogens is 318 g/mol. The minimum absolute atomic E-state index is 0.112. The van der Waals surface area contributed by atoms with Gasteiger partial charge in [0.15, 0.2) is 0 Å². The normalized spacial score (nSPS) is 17.1. The molecule has 1 aliphatic heterocycles. The number of rotatable bonds is 7. The molecule has 25 heavy (non-hydrogen) atoms. The Morgan fingerprint density at radius 3 is 2.28 bits per heavy atom. The van der Waals surface area contributed by atoms with Gasteiger partial charge in [-0.15, -0.1) is 0 Å². The molecule has 2 rings (SSSR count). The summed E-state index contributed by atoms with van der Waals surface area (Å²) in [5.41, 5.74) is 1.75. The smallest absolute Gasteiger partial charge is 0.337 e. The van der Waals surface area contributed by atoms with E-state index < -0.39 is 0 Å². The summed E-state index contributed by atoms with van der Waals surface area (Å²) in [5, 5.41) is 3.02. The summed E-state index contributed by atoms with van der Waals surface area (Å²) >= 11 is 0. The van der Waals surface area contributed by atoms with E-state index in [4.69, 9.17) is 4.74 Å². The number of ether oxygens (including phenoxy) is 1. The lowest BCUT2D eigenvalue weighted by Gasteiger charge is -2.34. The predicted molar refractivity (Wildman–Crippen MR) is 97.4 cm³/mol. The Hall–Kier alpha value is -1.92. The van der Waals surface area contributed by atoms with Gasteiger partial charge in [0.25, 0.3) is 0 Å². The molecule has 138 valence electrons. The number of methoxy groups -OCH3 is 1. The summed E-state index contributed by atoms with van der Waals surface area (Å²) in [6.07, 6.45) is 0.953. The number of carbonyl (C=O) groups excluding carboxylic acids is 2. The van der Waals surface area contributed by atoms with Gasteiger partial charge in [-0.25, -0.2) is 4.79 Å². The number of piperazine rings is 1. The molecule has 6 nitrogen and oxygen atoms in total. The third kappa shape index (κ3) is 6.14. The van der Waals surface area contributed by atoms with Crippen molar-refractivity contribution < 1.29 is 14.3 Å². The van der Waals surface area contributed by atoms with Crippen LogP contribution in [0.3, 0.4) is 0 Å². The standard InChI is InChI=1S/C19H29N3O3/c1-4-15(2)20-18(23)14-22-11-9-21(10-12-22)13-16-5-7-17(8-6-16)19(24)25-3/h5-8,15H,4,9-14H2,1-3H3,(H,20,23). The molecule has 0 aromatic heterocycles. The first-order valence-electron chi connectivity index (χ1n) is 8.93. The van der Waals surface area contributed by atoms with Crippen LogP contribution < -0.4 is 5.32 Å². The lowest BCUT2D eigenvalue weighted by Crippen LogP contribution is -2.49. The second-order valence-corrected chi connectivity index (χ2v) is 6.62. The molecule has 1 amide bonds. The molecule has 1 unspecified atom stereocenters. The van der Waals surface area contributed by atoms with E-state index in [1.54, 1.807) is 12.1 Å². The third-order valence-corrected chi connectivity index (χ3v) is 4.63. The fourth-order valence-corrected chi connectivity index (χ4v) is 2.85. The van der Waals surface area contributed by atoms with Crippen LogP contribution in [0.1, 0.15) is 36.2 Å². The number of carbonyl (C=O) groups is 2. The zero-order valence-corrected chi connectivity index (χ0v) is 15.5. The Bertz CT molecular complexity index is 566. The van der Waals surface area contributed by atoms with E-state index in [9.17, 15) is 9.59 Å². The molecule has 0 aliphatic carbocycles. The van der Waals surface area contributed by atoms with E-state index in [-0.39, 0.29) is 17.9 Å². The van der Waals surface area contributed by atoms with Crippen LogP contribution in [0.25, 0.3) is 0 Å². The zero-order chi connectivity index (χ0) is 18.2. The number of hydrogen-bond acceptors (Lipinski definition) is 5. The second-order valence-electron chi connectivity index (χ2n) is 6.62. The van der Waals surface area contributed by atoms with Gasteiger partial charge in [-0.1, -0.05) is 19.1 Å². The van der Waals surface area contributed by atoms with Crippen LogP contribution in [0.15, 0.2) is 24.3 Å². The third-order valence-electron chi connectivity index (χ3n) is 4.63. The lowest BCUT2D eigenvalue weighted by atomic mass is 10.1. The molecule has 1 heterocycles. The van der Waals surface area contributed by atoms with Gasteiger partial charge in [0.05, 0.1) is 19.2 Å². The van der Waals surface area contributed by atoms with E-state index in [1.165, 1.54) is 12.7 Å². The maximum absolute atomic E-state index is 12.0. The van der Waals surface area contributed by atoms with Crippen molar-refractivity contribution in [3.05, 3.63) is 35.4 Å². The molecule has 1 N–H and O–H groups in total. The number of hydrogen-bond donors (Lipinski definition) is 1. The highest BCUT2D eigenvalue weighted by atomic mass is 16.5. The molecule has 0 spiro atoms. The van der Waals surface area contributed by atoms with Crippen molar-refractivity contribution in [3.63, 3.8) is 0 Å². The number of benzene rings is 1. The van der Waals surface area contributed by atoms with Gasteiger partial charge < -0.3 is 10.1 Å². The van der Waals surface area contributed by atoms with Crippen LogP contribution in [-0.2, 0) is 16.1 Å². The van der Waals surface area contributed by atoms with Gasteiger partial charge in [0, 0.05) is 38.8 Å². The van der Waals surface area contributed by atoms with Gasteiger partial charge in [-0.2, -0.15) is 0 Å². The summed E-state index contributed by atoms with van der Waals surface area (Å²) in [6.45, 7) is 9.11. The molecule has 1 atom stereocenters. The highest BCUT2D eigenvalue weighted by molar-refractivity contribution is 5.89. The fourth-order valence-electron chi connectivity index (χ4n) is 2.85. The van der Waals surface area contributed by atoms with E-state index in [0.29, 0.717) is 12.1 Å². The van der Waals surface area contributed by atoms with Crippen LogP contribution in [0, 0.1) is 0 Å². The van der Waals surface area contributed by atoms with Crippen molar-refractivity contribution in [2.75, 3.05) is 39.8 Å². The molecule has 0 bridgehead atoms. The van der Waals surface area contributed by atoms with Gasteiger partial charge in [-0.05, 0) is 31.0 Å². The predicted octanol–water partition coefficient (Wildman–Crippen LogP) is 1.51. The molecule has 0 saturated carbocycles. The summed E-state index contributed by atoms with van der Waals surface area (Å²) in [5.74, 6) is -0.197. The van der Waals surface area contributed by atoms with Crippen molar-refractivity contribution in [1.29, 1.82) is 0 Å². The van der Waals surface area contributed by atoms with Gasteiger partial charge in [0.2, 0.25) is 5.91 Å². The Morgan fingerprint density at radius 1 is 1.12 bits per heavy atom.